The molecule has 2 aromatic rings. The van der Waals surface area contributed by atoms with Crippen molar-refractivity contribution in [3.8, 4) is 11.5 Å². The van der Waals surface area contributed by atoms with Crippen molar-refractivity contribution in [1.29, 1.82) is 0 Å². The summed E-state index contributed by atoms with van der Waals surface area (Å²) in [5.41, 5.74) is 6.60. The largest absolute Gasteiger partial charge is 0.504 e. The third-order valence-corrected chi connectivity index (χ3v) is 3.10. The monoisotopic (exact) mass is 333 g/mol. The Morgan fingerprint density at radius 1 is 1.35 bits per heavy atom. The number of phenolic OH excluding ortho intramolecular Hbond substituents is 1. The molecule has 0 saturated heterocycles. The predicted molar refractivity (Wildman–Crippen MR) is 92.5 cm³/mol. The molecule has 5 nitrogen and oxygen atoms in total. The number of nitrogens with zero attached hydrogens (tertiary/aromatic N) is 2. The van der Waals surface area contributed by atoms with Crippen LogP contribution in [-0.2, 0) is 0 Å². The molecule has 0 unspecified atom stereocenters. The fourth-order valence-electron chi connectivity index (χ4n) is 1.87. The van der Waals surface area contributed by atoms with Gasteiger partial charge in [0.05, 0.1) is 18.5 Å². The van der Waals surface area contributed by atoms with Crippen LogP contribution in [0.2, 0.25) is 0 Å². The second-order valence-corrected chi connectivity index (χ2v) is 4.92. The molecule has 0 aromatic heterocycles. The average molecular weight is 333 g/mol. The van der Waals surface area contributed by atoms with E-state index in [1.54, 1.807) is 18.2 Å². The third kappa shape index (κ3) is 4.17. The minimum Gasteiger partial charge on any atom is -0.504 e. The van der Waals surface area contributed by atoms with Crippen molar-refractivity contribution in [3.05, 3.63) is 53.8 Å². The van der Waals surface area contributed by atoms with E-state index in [4.69, 9.17) is 22.7 Å². The van der Waals surface area contributed by atoms with Crippen LogP contribution in [0.1, 0.15) is 12.5 Å². The Balaban J connectivity index is 2.30. The van der Waals surface area contributed by atoms with Crippen molar-refractivity contribution in [3.63, 3.8) is 0 Å². The average Bonchev–Trinajstić information content (AvgIpc) is 2.52. The van der Waals surface area contributed by atoms with Gasteiger partial charge in [0.15, 0.2) is 16.6 Å². The van der Waals surface area contributed by atoms with E-state index in [0.717, 1.165) is 0 Å². The fourth-order valence-corrected chi connectivity index (χ4v) is 2.02. The van der Waals surface area contributed by atoms with Gasteiger partial charge in [-0.25, -0.2) is 9.40 Å². The fraction of sp³-hybridized carbons (Fsp3) is 0.125. The molecule has 0 spiro atoms. The van der Waals surface area contributed by atoms with Gasteiger partial charge in [-0.2, -0.15) is 5.10 Å². The van der Waals surface area contributed by atoms with Crippen LogP contribution in [0.3, 0.4) is 0 Å². The van der Waals surface area contributed by atoms with Crippen LogP contribution >= 0.6 is 12.2 Å². The summed E-state index contributed by atoms with van der Waals surface area (Å²) < 4.78 is 18.3. The van der Waals surface area contributed by atoms with Gasteiger partial charge in [0.1, 0.15) is 5.82 Å². The van der Waals surface area contributed by atoms with Crippen molar-refractivity contribution in [2.24, 2.45) is 10.8 Å². The number of phenols is 1. The quantitative estimate of drug-likeness (QED) is 0.500. The lowest BCUT2D eigenvalue weighted by atomic mass is 10.2. The molecule has 0 amide bonds. The lowest BCUT2D eigenvalue weighted by molar-refractivity contribution is 0.318. The van der Waals surface area contributed by atoms with Crippen molar-refractivity contribution in [2.75, 3.05) is 11.6 Å². The van der Waals surface area contributed by atoms with Crippen molar-refractivity contribution >= 4 is 29.2 Å². The summed E-state index contributed by atoms with van der Waals surface area (Å²) in [5, 5.41) is 15.5. The SMILES string of the molecule is CCOc1cccc(C=NN(C(N)=S)c2ccc(F)cc2)c1O. The lowest BCUT2D eigenvalue weighted by Crippen LogP contribution is -2.30. The van der Waals surface area contributed by atoms with Crippen molar-refractivity contribution in [2.45, 2.75) is 6.92 Å². The van der Waals surface area contributed by atoms with Gasteiger partial charge in [0.25, 0.3) is 0 Å². The molecule has 0 aliphatic carbocycles. The van der Waals surface area contributed by atoms with Crippen molar-refractivity contribution < 1.29 is 14.2 Å². The number of rotatable bonds is 5. The molecule has 0 bridgehead atoms. The number of anilines is 1. The predicted octanol–water partition coefficient (Wildman–Crippen LogP) is 3.01. The highest BCUT2D eigenvalue weighted by atomic mass is 32.1. The number of para-hydroxylation sites is 1. The normalized spacial score (nSPS) is 10.7. The molecule has 23 heavy (non-hydrogen) atoms. The topological polar surface area (TPSA) is 71.1 Å². The summed E-state index contributed by atoms with van der Waals surface area (Å²) in [5.74, 6) is -0.0390. The number of halogens is 1. The Kier molecular flexibility index (Phi) is 5.48. The van der Waals surface area contributed by atoms with Crippen LogP contribution < -0.4 is 15.5 Å². The molecule has 0 heterocycles. The van der Waals surface area contributed by atoms with E-state index in [2.05, 4.69) is 5.10 Å². The molecule has 2 aromatic carbocycles. The smallest absolute Gasteiger partial charge is 0.191 e. The molecule has 0 aliphatic rings. The summed E-state index contributed by atoms with van der Waals surface area (Å²) in [6, 6.07) is 10.6. The van der Waals surface area contributed by atoms with E-state index in [-0.39, 0.29) is 16.7 Å². The Bertz CT molecular complexity index is 720. The highest BCUT2D eigenvalue weighted by molar-refractivity contribution is 7.80. The Morgan fingerprint density at radius 2 is 2.04 bits per heavy atom. The maximum absolute atomic E-state index is 13.0. The minimum absolute atomic E-state index is 0.00619. The van der Waals surface area contributed by atoms with E-state index >= 15 is 0 Å². The second-order valence-electron chi connectivity index (χ2n) is 4.50. The first kappa shape index (κ1) is 16.7. The first-order valence-corrected chi connectivity index (χ1v) is 7.27. The van der Waals surface area contributed by atoms with Gasteiger partial charge in [0.2, 0.25) is 0 Å². The number of hydrogen-bond donors (Lipinski definition) is 2. The molecule has 7 heteroatoms. The highest BCUT2D eigenvalue weighted by Crippen LogP contribution is 2.28. The number of hydrazone groups is 1. The van der Waals surface area contributed by atoms with Gasteiger partial charge in [-0.15, -0.1) is 0 Å². The Morgan fingerprint density at radius 3 is 2.65 bits per heavy atom. The van der Waals surface area contributed by atoms with Crippen LogP contribution in [0.15, 0.2) is 47.6 Å². The zero-order valence-electron chi connectivity index (χ0n) is 12.4. The third-order valence-electron chi connectivity index (χ3n) is 2.92. The molecule has 0 aliphatic heterocycles. The van der Waals surface area contributed by atoms with E-state index in [1.165, 1.54) is 35.5 Å². The van der Waals surface area contributed by atoms with Crippen LogP contribution in [0.4, 0.5) is 10.1 Å². The zero-order chi connectivity index (χ0) is 16.8. The molecule has 2 rings (SSSR count). The van der Waals surface area contributed by atoms with Crippen LogP contribution in [0.5, 0.6) is 11.5 Å². The van der Waals surface area contributed by atoms with E-state index in [0.29, 0.717) is 23.6 Å². The number of ether oxygens (including phenoxy) is 1. The summed E-state index contributed by atoms with van der Waals surface area (Å²) in [6.07, 6.45) is 1.40. The molecule has 0 atom stereocenters. The summed E-state index contributed by atoms with van der Waals surface area (Å²) in [6.45, 7) is 2.26. The number of benzene rings is 2. The minimum atomic E-state index is -0.373. The summed E-state index contributed by atoms with van der Waals surface area (Å²) in [4.78, 5) is 0. The van der Waals surface area contributed by atoms with Gasteiger partial charge in [-0.1, -0.05) is 6.07 Å². The van der Waals surface area contributed by atoms with Gasteiger partial charge < -0.3 is 15.6 Å². The van der Waals surface area contributed by atoms with Gasteiger partial charge in [0, 0.05) is 5.56 Å². The second kappa shape index (κ2) is 7.55. The van der Waals surface area contributed by atoms with Crippen LogP contribution in [0, 0.1) is 5.82 Å². The molecule has 0 radical (unpaired) electrons. The van der Waals surface area contributed by atoms with Crippen LogP contribution in [0.25, 0.3) is 0 Å². The van der Waals surface area contributed by atoms with E-state index in [1.807, 2.05) is 6.92 Å². The number of aromatic hydroxyl groups is 1. The number of hydrogen-bond acceptors (Lipinski definition) is 4. The Labute approximate surface area is 138 Å². The molecular formula is C16H16FN3O2S. The first-order chi connectivity index (χ1) is 11.0. The van der Waals surface area contributed by atoms with Crippen molar-refractivity contribution in [1.82, 2.24) is 0 Å². The van der Waals surface area contributed by atoms with Gasteiger partial charge in [-0.05, 0) is 55.5 Å². The van der Waals surface area contributed by atoms with E-state index in [9.17, 15) is 9.50 Å². The van der Waals surface area contributed by atoms with Gasteiger partial charge >= 0.3 is 0 Å². The molecule has 0 saturated carbocycles. The van der Waals surface area contributed by atoms with Crippen LogP contribution in [-0.4, -0.2) is 23.0 Å². The molecule has 120 valence electrons. The standard InChI is InChI=1S/C16H16FN3O2S/c1-2-22-14-5-3-4-11(15(14)21)10-19-20(16(18)23)13-8-6-12(17)7-9-13/h3-10,21H,2H2,1H3,(H2,18,23). The Hall–Kier alpha value is -2.67. The van der Waals surface area contributed by atoms with E-state index < -0.39 is 0 Å². The maximum Gasteiger partial charge on any atom is 0.191 e. The maximum atomic E-state index is 13.0. The summed E-state index contributed by atoms with van der Waals surface area (Å²) >= 11 is 4.96. The van der Waals surface area contributed by atoms with Gasteiger partial charge in [-0.3, -0.25) is 0 Å². The first-order valence-electron chi connectivity index (χ1n) is 6.86. The number of thiocarbonyl (C=S) groups is 1. The lowest BCUT2D eigenvalue weighted by Gasteiger charge is -2.16. The zero-order valence-corrected chi connectivity index (χ0v) is 13.3. The molecular weight excluding hydrogens is 317 g/mol. The number of nitrogens with two attached hydrogens (primary N) is 1. The molecule has 0 fully saturated rings. The highest BCUT2D eigenvalue weighted by Gasteiger charge is 2.10. The molecule has 3 N–H and O–H groups in total. The summed E-state index contributed by atoms with van der Waals surface area (Å²) in [7, 11) is 0.